The van der Waals surface area contributed by atoms with E-state index in [1.165, 1.54) is 0 Å². The first-order chi connectivity index (χ1) is 13.7. The van der Waals surface area contributed by atoms with Crippen LogP contribution in [0.25, 0.3) is 22.5 Å². The maximum atomic E-state index is 12.7. The molecule has 0 radical (unpaired) electrons. The van der Waals surface area contributed by atoms with Crippen molar-refractivity contribution in [1.29, 1.82) is 0 Å². The summed E-state index contributed by atoms with van der Waals surface area (Å²) < 4.78 is 33.7. The van der Waals surface area contributed by atoms with E-state index in [1.54, 1.807) is 37.5 Å². The standard InChI is InChI=1S/C20H22N4O4S/c1-11-3-4-16(29(26,27)24-14-6-15(25)7-14)8-17(11)13-5-18(20(21)23-9-13)19-10-22-12(2)28-19/h3-5,8-10,14-15,24-25H,6-7H2,1-2H3,(H2,21,23). The Morgan fingerprint density at radius 3 is 2.55 bits per heavy atom. The monoisotopic (exact) mass is 414 g/mol. The second-order valence-corrected chi connectivity index (χ2v) is 9.03. The summed E-state index contributed by atoms with van der Waals surface area (Å²) in [6.07, 6.45) is 3.61. The highest BCUT2D eigenvalue weighted by Gasteiger charge is 2.31. The van der Waals surface area contributed by atoms with Gasteiger partial charge in [0, 0.05) is 24.7 Å². The third-order valence-corrected chi connectivity index (χ3v) is 6.59. The number of nitrogens with one attached hydrogen (secondary N) is 1. The van der Waals surface area contributed by atoms with Gasteiger partial charge in [-0.05, 0) is 49.1 Å². The van der Waals surface area contributed by atoms with Gasteiger partial charge in [-0.3, -0.25) is 0 Å². The second-order valence-electron chi connectivity index (χ2n) is 7.32. The first-order valence-corrected chi connectivity index (χ1v) is 10.7. The van der Waals surface area contributed by atoms with E-state index in [2.05, 4.69) is 14.7 Å². The van der Waals surface area contributed by atoms with E-state index in [1.807, 2.05) is 13.0 Å². The number of aliphatic hydroxyl groups excluding tert-OH is 1. The number of aryl methyl sites for hydroxylation is 2. The Kier molecular flexibility index (Phi) is 4.89. The van der Waals surface area contributed by atoms with Crippen LogP contribution in [0.1, 0.15) is 24.3 Å². The minimum atomic E-state index is -3.69. The number of nitrogens with zero attached hydrogens (tertiary/aromatic N) is 2. The predicted molar refractivity (Wildman–Crippen MR) is 108 cm³/mol. The van der Waals surface area contributed by atoms with Crippen molar-refractivity contribution in [2.24, 2.45) is 0 Å². The van der Waals surface area contributed by atoms with Gasteiger partial charge in [-0.15, -0.1) is 0 Å². The van der Waals surface area contributed by atoms with Gasteiger partial charge in [-0.1, -0.05) is 6.07 Å². The molecule has 0 saturated heterocycles. The number of hydrogen-bond donors (Lipinski definition) is 3. The van der Waals surface area contributed by atoms with E-state index < -0.39 is 16.1 Å². The molecule has 1 fully saturated rings. The lowest BCUT2D eigenvalue weighted by Gasteiger charge is -2.31. The largest absolute Gasteiger partial charge is 0.441 e. The van der Waals surface area contributed by atoms with Crippen LogP contribution in [-0.2, 0) is 10.0 Å². The molecule has 0 atom stereocenters. The van der Waals surface area contributed by atoms with Crippen LogP contribution in [0.5, 0.6) is 0 Å². The van der Waals surface area contributed by atoms with E-state index in [0.717, 1.165) is 16.7 Å². The van der Waals surface area contributed by atoms with E-state index in [0.29, 0.717) is 35.9 Å². The molecule has 152 valence electrons. The fourth-order valence-corrected chi connectivity index (χ4v) is 4.64. The molecule has 1 saturated carbocycles. The molecule has 4 N–H and O–H groups in total. The van der Waals surface area contributed by atoms with Crippen LogP contribution in [-0.4, -0.2) is 35.6 Å². The first-order valence-electron chi connectivity index (χ1n) is 9.22. The molecule has 4 rings (SSSR count). The summed E-state index contributed by atoms with van der Waals surface area (Å²) in [6.45, 7) is 3.64. The van der Waals surface area contributed by atoms with Crippen molar-refractivity contribution in [3.63, 3.8) is 0 Å². The minimum absolute atomic E-state index is 0.161. The Labute approximate surface area is 168 Å². The lowest BCUT2D eigenvalue weighted by Crippen LogP contribution is -2.46. The molecule has 0 unspecified atom stereocenters. The molecule has 9 heteroatoms. The van der Waals surface area contributed by atoms with E-state index in [9.17, 15) is 13.5 Å². The highest BCUT2D eigenvalue weighted by molar-refractivity contribution is 7.89. The maximum absolute atomic E-state index is 12.7. The number of pyridine rings is 1. The Morgan fingerprint density at radius 2 is 1.90 bits per heavy atom. The highest BCUT2D eigenvalue weighted by atomic mass is 32.2. The van der Waals surface area contributed by atoms with Crippen molar-refractivity contribution in [1.82, 2.24) is 14.7 Å². The summed E-state index contributed by atoms with van der Waals surface area (Å²) >= 11 is 0. The molecule has 1 aliphatic carbocycles. The zero-order chi connectivity index (χ0) is 20.8. The van der Waals surface area contributed by atoms with Crippen LogP contribution in [0.3, 0.4) is 0 Å². The third-order valence-electron chi connectivity index (χ3n) is 5.07. The van der Waals surface area contributed by atoms with Gasteiger partial charge >= 0.3 is 0 Å². The van der Waals surface area contributed by atoms with Gasteiger partial charge in [-0.2, -0.15) is 0 Å². The van der Waals surface area contributed by atoms with Gasteiger partial charge in [0.25, 0.3) is 0 Å². The van der Waals surface area contributed by atoms with E-state index in [4.69, 9.17) is 10.2 Å². The van der Waals surface area contributed by atoms with Crippen molar-refractivity contribution >= 4 is 15.8 Å². The van der Waals surface area contributed by atoms with Crippen LogP contribution in [0, 0.1) is 13.8 Å². The summed E-state index contributed by atoms with van der Waals surface area (Å²) in [7, 11) is -3.69. The van der Waals surface area contributed by atoms with Gasteiger partial charge in [0.15, 0.2) is 11.7 Å². The average Bonchev–Trinajstić information content (AvgIpc) is 3.07. The number of hydrogen-bond acceptors (Lipinski definition) is 7. The normalized spacial score (nSPS) is 19.1. The van der Waals surface area contributed by atoms with Crippen molar-refractivity contribution in [2.75, 3.05) is 5.73 Å². The average molecular weight is 414 g/mol. The molecule has 2 aromatic heterocycles. The lowest BCUT2D eigenvalue weighted by molar-refractivity contribution is 0.0712. The molecular formula is C20H22N4O4S. The van der Waals surface area contributed by atoms with Crippen molar-refractivity contribution in [3.05, 3.63) is 48.1 Å². The van der Waals surface area contributed by atoms with Crippen LogP contribution in [0.4, 0.5) is 5.82 Å². The number of nitrogen functional groups attached to an aromatic ring is 1. The van der Waals surface area contributed by atoms with Crippen molar-refractivity contribution in [3.8, 4) is 22.5 Å². The Morgan fingerprint density at radius 1 is 1.14 bits per heavy atom. The number of aliphatic hydroxyl groups is 1. The smallest absolute Gasteiger partial charge is 0.240 e. The van der Waals surface area contributed by atoms with Crippen molar-refractivity contribution in [2.45, 2.75) is 43.7 Å². The number of nitrogens with two attached hydrogens (primary N) is 1. The first kappa shape index (κ1) is 19.6. The number of oxazole rings is 1. The summed E-state index contributed by atoms with van der Waals surface area (Å²) in [5.74, 6) is 1.32. The Balaban J connectivity index is 1.71. The van der Waals surface area contributed by atoms with Gasteiger partial charge in [0.05, 0.1) is 22.8 Å². The van der Waals surface area contributed by atoms with Gasteiger partial charge in [0.1, 0.15) is 5.82 Å². The Hall–Kier alpha value is -2.75. The number of benzene rings is 1. The van der Waals surface area contributed by atoms with Crippen LogP contribution < -0.4 is 10.5 Å². The Bertz CT molecular complexity index is 1170. The SMILES string of the molecule is Cc1ncc(-c2cc(-c3cc(S(=O)(=O)NC4CC(O)C4)ccc3C)cnc2N)o1. The third kappa shape index (κ3) is 3.89. The zero-order valence-corrected chi connectivity index (χ0v) is 16.9. The maximum Gasteiger partial charge on any atom is 0.240 e. The quantitative estimate of drug-likeness (QED) is 0.584. The fraction of sp³-hybridized carbons (Fsp3) is 0.300. The number of rotatable bonds is 5. The summed E-state index contributed by atoms with van der Waals surface area (Å²) in [4.78, 5) is 8.50. The predicted octanol–water partition coefficient (Wildman–Crippen LogP) is 2.40. The summed E-state index contributed by atoms with van der Waals surface area (Å²) in [5, 5.41) is 9.39. The van der Waals surface area contributed by atoms with E-state index >= 15 is 0 Å². The second kappa shape index (κ2) is 7.25. The lowest BCUT2D eigenvalue weighted by atomic mass is 9.91. The van der Waals surface area contributed by atoms with Crippen LogP contribution >= 0.6 is 0 Å². The summed E-state index contributed by atoms with van der Waals surface area (Å²) in [5.41, 5.74) is 8.95. The van der Waals surface area contributed by atoms with E-state index in [-0.39, 0.29) is 10.9 Å². The topological polar surface area (TPSA) is 131 Å². The molecule has 0 amide bonds. The minimum Gasteiger partial charge on any atom is -0.441 e. The fourth-order valence-electron chi connectivity index (χ4n) is 3.36. The molecule has 0 spiro atoms. The van der Waals surface area contributed by atoms with Crippen molar-refractivity contribution < 1.29 is 17.9 Å². The molecular weight excluding hydrogens is 392 g/mol. The van der Waals surface area contributed by atoms with Gasteiger partial charge in [0.2, 0.25) is 10.0 Å². The number of sulfonamides is 1. The molecule has 2 heterocycles. The molecule has 3 aromatic rings. The molecule has 29 heavy (non-hydrogen) atoms. The highest BCUT2D eigenvalue weighted by Crippen LogP contribution is 2.33. The number of aromatic nitrogens is 2. The molecule has 8 nitrogen and oxygen atoms in total. The van der Waals surface area contributed by atoms with Gasteiger partial charge in [-0.25, -0.2) is 23.1 Å². The summed E-state index contributed by atoms with van der Waals surface area (Å²) in [6, 6.07) is 6.53. The molecule has 0 bridgehead atoms. The zero-order valence-electron chi connectivity index (χ0n) is 16.1. The van der Waals surface area contributed by atoms with Crippen LogP contribution in [0.2, 0.25) is 0 Å². The number of anilines is 1. The van der Waals surface area contributed by atoms with Gasteiger partial charge < -0.3 is 15.3 Å². The molecule has 1 aromatic carbocycles. The van der Waals surface area contributed by atoms with Crippen LogP contribution in [0.15, 0.2) is 46.0 Å². The molecule has 0 aliphatic heterocycles. The molecule has 1 aliphatic rings.